The summed E-state index contributed by atoms with van der Waals surface area (Å²) in [6.07, 6.45) is 0. The number of hydrogen-bond donors (Lipinski definition) is 2. The smallest absolute Gasteiger partial charge is 0.255 e. The molecule has 1 heterocycles. The van der Waals surface area contributed by atoms with Gasteiger partial charge in [-0.15, -0.1) is 24.2 Å². The van der Waals surface area contributed by atoms with Crippen LogP contribution < -0.4 is 11.1 Å². The van der Waals surface area contributed by atoms with Crippen molar-refractivity contribution < 1.29 is 4.79 Å². The Kier molecular flexibility index (Phi) is 7.44. The zero-order chi connectivity index (χ0) is 21.1. The Morgan fingerprint density at radius 3 is 2.58 bits per heavy atom. The van der Waals surface area contributed by atoms with Gasteiger partial charge < -0.3 is 11.1 Å². The lowest BCUT2D eigenvalue weighted by Crippen LogP contribution is -2.14. The van der Waals surface area contributed by atoms with Crippen molar-refractivity contribution in [3.63, 3.8) is 0 Å². The van der Waals surface area contributed by atoms with E-state index in [0.29, 0.717) is 27.7 Å². The molecule has 4 nitrogen and oxygen atoms in total. The molecule has 3 N–H and O–H groups in total. The highest BCUT2D eigenvalue weighted by atomic mass is 35.5. The standard InChI is InChI=1S/C24H20ClN3OS.ClH/c1-15-12-22(26)21-13-18(8-11-23(21)27-15)28-24(29)20-5-3-2-4-16(20)14-30-19-9-6-17(25)7-10-19;/h2-13H,14H2,1H3,(H2,26,27)(H,28,29);1H. The van der Waals surface area contributed by atoms with Crippen molar-refractivity contribution in [1.29, 1.82) is 0 Å². The van der Waals surface area contributed by atoms with Gasteiger partial charge in [-0.25, -0.2) is 0 Å². The number of hydrogen-bond acceptors (Lipinski definition) is 4. The van der Waals surface area contributed by atoms with Gasteiger partial charge in [-0.2, -0.15) is 0 Å². The SMILES string of the molecule is Cc1cc(N)c2cc(NC(=O)c3ccccc3CSc3ccc(Cl)cc3)ccc2n1.Cl. The van der Waals surface area contributed by atoms with Crippen LogP contribution >= 0.6 is 35.8 Å². The zero-order valence-electron chi connectivity index (χ0n) is 16.8. The number of nitrogens with one attached hydrogen (secondary N) is 1. The number of carbonyl (C=O) groups excluding carboxylic acids is 1. The second-order valence-electron chi connectivity index (χ2n) is 6.94. The third kappa shape index (κ3) is 5.50. The molecule has 3 aromatic carbocycles. The summed E-state index contributed by atoms with van der Waals surface area (Å²) in [7, 11) is 0. The van der Waals surface area contributed by atoms with E-state index in [1.807, 2.05) is 79.7 Å². The third-order valence-electron chi connectivity index (χ3n) is 4.70. The molecule has 0 saturated carbocycles. The molecule has 1 aromatic heterocycles. The van der Waals surface area contributed by atoms with E-state index in [-0.39, 0.29) is 18.3 Å². The van der Waals surface area contributed by atoms with Crippen molar-refractivity contribution in [3.8, 4) is 0 Å². The maximum Gasteiger partial charge on any atom is 0.255 e. The van der Waals surface area contributed by atoms with E-state index in [4.69, 9.17) is 17.3 Å². The molecule has 0 bridgehead atoms. The molecule has 1 amide bonds. The van der Waals surface area contributed by atoms with Crippen molar-refractivity contribution in [2.45, 2.75) is 17.6 Å². The second-order valence-corrected chi connectivity index (χ2v) is 8.42. The van der Waals surface area contributed by atoms with Gasteiger partial charge in [0.05, 0.1) is 5.52 Å². The average Bonchev–Trinajstić information content (AvgIpc) is 2.74. The van der Waals surface area contributed by atoms with Crippen LogP contribution in [0.3, 0.4) is 0 Å². The molecule has 7 heteroatoms. The molecule has 0 aliphatic heterocycles. The molecule has 158 valence electrons. The van der Waals surface area contributed by atoms with Gasteiger partial charge in [-0.05, 0) is 67.1 Å². The molecule has 0 atom stereocenters. The molecule has 0 unspecified atom stereocenters. The highest BCUT2D eigenvalue weighted by Crippen LogP contribution is 2.27. The first-order valence-electron chi connectivity index (χ1n) is 9.44. The highest BCUT2D eigenvalue weighted by Gasteiger charge is 2.12. The zero-order valence-corrected chi connectivity index (χ0v) is 19.2. The number of nitrogen functional groups attached to an aromatic ring is 1. The molecule has 0 spiro atoms. The minimum Gasteiger partial charge on any atom is -0.398 e. The van der Waals surface area contributed by atoms with E-state index < -0.39 is 0 Å². The fourth-order valence-electron chi connectivity index (χ4n) is 3.23. The summed E-state index contributed by atoms with van der Waals surface area (Å²) in [6, 6.07) is 22.7. The highest BCUT2D eigenvalue weighted by molar-refractivity contribution is 7.98. The number of anilines is 2. The Bertz CT molecular complexity index is 1230. The number of benzene rings is 3. The van der Waals surface area contributed by atoms with E-state index >= 15 is 0 Å². The fraction of sp³-hybridized carbons (Fsp3) is 0.0833. The number of nitrogens with zero attached hydrogens (tertiary/aromatic N) is 1. The minimum atomic E-state index is -0.153. The van der Waals surface area contributed by atoms with Crippen molar-refractivity contribution in [3.05, 3.63) is 94.6 Å². The van der Waals surface area contributed by atoms with Gasteiger partial charge in [0.1, 0.15) is 0 Å². The Labute approximate surface area is 196 Å². The van der Waals surface area contributed by atoms with Gasteiger partial charge in [0.15, 0.2) is 0 Å². The van der Waals surface area contributed by atoms with E-state index in [2.05, 4.69) is 10.3 Å². The first-order chi connectivity index (χ1) is 14.5. The number of nitrogens with two attached hydrogens (primary N) is 1. The lowest BCUT2D eigenvalue weighted by Gasteiger charge is -2.11. The van der Waals surface area contributed by atoms with Gasteiger partial charge in [0.2, 0.25) is 0 Å². The summed E-state index contributed by atoms with van der Waals surface area (Å²) in [5.41, 5.74) is 10.8. The summed E-state index contributed by atoms with van der Waals surface area (Å²) in [5, 5.41) is 4.52. The maximum atomic E-state index is 13.0. The van der Waals surface area contributed by atoms with Gasteiger partial charge >= 0.3 is 0 Å². The average molecular weight is 470 g/mol. The second kappa shape index (κ2) is 10.1. The van der Waals surface area contributed by atoms with Crippen LogP contribution in [0.2, 0.25) is 5.02 Å². The molecule has 31 heavy (non-hydrogen) atoms. The summed E-state index contributed by atoms with van der Waals surface area (Å²) in [4.78, 5) is 18.6. The molecule has 0 radical (unpaired) electrons. The summed E-state index contributed by atoms with van der Waals surface area (Å²) in [5.74, 6) is 0.527. The Morgan fingerprint density at radius 1 is 1.06 bits per heavy atom. The van der Waals surface area contributed by atoms with Crippen LogP contribution in [0.15, 0.2) is 77.7 Å². The number of fused-ring (bicyclic) bond motifs is 1. The lowest BCUT2D eigenvalue weighted by atomic mass is 10.1. The topological polar surface area (TPSA) is 68.0 Å². The molecule has 0 aliphatic rings. The van der Waals surface area contributed by atoms with E-state index in [9.17, 15) is 4.79 Å². The number of rotatable bonds is 5. The van der Waals surface area contributed by atoms with Gasteiger partial charge in [-0.3, -0.25) is 9.78 Å². The molecular weight excluding hydrogens is 449 g/mol. The van der Waals surface area contributed by atoms with Crippen LogP contribution in [0, 0.1) is 6.92 Å². The summed E-state index contributed by atoms with van der Waals surface area (Å²) < 4.78 is 0. The Hall–Kier alpha value is -2.73. The normalized spacial score (nSPS) is 10.5. The maximum absolute atomic E-state index is 13.0. The van der Waals surface area contributed by atoms with Crippen molar-refractivity contribution >= 4 is 64.0 Å². The lowest BCUT2D eigenvalue weighted by molar-refractivity contribution is 0.102. The number of amides is 1. The molecule has 0 saturated heterocycles. The van der Waals surface area contributed by atoms with Crippen LogP contribution in [-0.4, -0.2) is 10.9 Å². The quantitative estimate of drug-likeness (QED) is 0.317. The van der Waals surface area contributed by atoms with Gasteiger partial charge in [0.25, 0.3) is 5.91 Å². The van der Waals surface area contributed by atoms with Crippen LogP contribution in [0.5, 0.6) is 0 Å². The number of aromatic nitrogens is 1. The molecular formula is C24H21Cl2N3OS. The largest absolute Gasteiger partial charge is 0.398 e. The molecule has 4 rings (SSSR count). The minimum absolute atomic E-state index is 0. The van der Waals surface area contributed by atoms with Crippen LogP contribution in [0.1, 0.15) is 21.6 Å². The number of halogens is 2. The van der Waals surface area contributed by atoms with E-state index in [1.165, 1.54) is 0 Å². The Morgan fingerprint density at radius 2 is 1.81 bits per heavy atom. The number of carbonyl (C=O) groups is 1. The van der Waals surface area contributed by atoms with Crippen LogP contribution in [0.25, 0.3) is 10.9 Å². The monoisotopic (exact) mass is 469 g/mol. The Balaban J connectivity index is 0.00000272. The van der Waals surface area contributed by atoms with Gasteiger partial charge in [0, 0.05) is 43.7 Å². The van der Waals surface area contributed by atoms with Crippen molar-refractivity contribution in [2.75, 3.05) is 11.1 Å². The molecule has 4 aromatic rings. The van der Waals surface area contributed by atoms with Crippen molar-refractivity contribution in [1.82, 2.24) is 4.98 Å². The van der Waals surface area contributed by atoms with E-state index in [0.717, 1.165) is 27.1 Å². The van der Waals surface area contributed by atoms with E-state index in [1.54, 1.807) is 11.8 Å². The first kappa shape index (κ1) is 22.9. The summed E-state index contributed by atoms with van der Waals surface area (Å²) in [6.45, 7) is 1.91. The van der Waals surface area contributed by atoms with Crippen molar-refractivity contribution in [2.24, 2.45) is 0 Å². The third-order valence-corrected chi connectivity index (χ3v) is 6.01. The number of thioether (sulfide) groups is 1. The number of pyridine rings is 1. The van der Waals surface area contributed by atoms with Crippen LogP contribution in [-0.2, 0) is 5.75 Å². The molecule has 0 aliphatic carbocycles. The summed E-state index contributed by atoms with van der Waals surface area (Å²) >= 11 is 7.61. The number of aryl methyl sites for hydroxylation is 1. The fourth-order valence-corrected chi connectivity index (χ4v) is 4.25. The first-order valence-corrected chi connectivity index (χ1v) is 10.8. The predicted octanol–water partition coefficient (Wildman–Crippen LogP) is 6.75. The predicted molar refractivity (Wildman–Crippen MR) is 134 cm³/mol. The molecule has 0 fully saturated rings. The van der Waals surface area contributed by atoms with Gasteiger partial charge in [-0.1, -0.05) is 29.8 Å². The van der Waals surface area contributed by atoms with Crippen LogP contribution in [0.4, 0.5) is 11.4 Å².